The summed E-state index contributed by atoms with van der Waals surface area (Å²) in [6, 6.07) is 14.9. The van der Waals surface area contributed by atoms with E-state index in [2.05, 4.69) is 65.7 Å². The largest absolute Gasteiger partial charge is 0.321 e. The van der Waals surface area contributed by atoms with Gasteiger partial charge < -0.3 is 10.3 Å². The molecule has 3 rings (SSSR count). The highest BCUT2D eigenvalue weighted by molar-refractivity contribution is 5.42. The number of hydrazine groups is 1. The van der Waals surface area contributed by atoms with E-state index in [9.17, 15) is 0 Å². The van der Waals surface area contributed by atoms with Gasteiger partial charge in [0.15, 0.2) is 0 Å². The van der Waals surface area contributed by atoms with Crippen LogP contribution in [0.15, 0.2) is 42.5 Å². The van der Waals surface area contributed by atoms with E-state index in [1.165, 1.54) is 55.0 Å². The molecular weight excluding hydrogens is 320 g/mol. The van der Waals surface area contributed by atoms with Gasteiger partial charge in [0, 0.05) is 45.0 Å². The lowest BCUT2D eigenvalue weighted by molar-refractivity contribution is 0.131. The molecule has 1 heterocycles. The van der Waals surface area contributed by atoms with Crippen molar-refractivity contribution in [3.8, 4) is 0 Å². The van der Waals surface area contributed by atoms with Gasteiger partial charge in [0.05, 0.1) is 0 Å². The smallest absolute Gasteiger partial charge is 0.0487 e. The van der Waals surface area contributed by atoms with Crippen molar-refractivity contribution in [2.75, 3.05) is 38.1 Å². The number of nitrogens with zero attached hydrogens (tertiary/aromatic N) is 2. The molecule has 0 radical (unpaired) electrons. The van der Waals surface area contributed by atoms with Crippen molar-refractivity contribution in [1.82, 2.24) is 15.2 Å². The first kappa shape index (κ1) is 18.9. The van der Waals surface area contributed by atoms with Gasteiger partial charge in [0.2, 0.25) is 0 Å². The molecule has 4 heteroatoms. The van der Waals surface area contributed by atoms with Crippen LogP contribution in [0.5, 0.6) is 0 Å². The molecular formula is C22H32N4. The third-order valence-electron chi connectivity index (χ3n) is 5.36. The highest BCUT2D eigenvalue weighted by Crippen LogP contribution is 2.19. The second kappa shape index (κ2) is 9.17. The number of hydrogen-bond donors (Lipinski definition) is 2. The van der Waals surface area contributed by atoms with Gasteiger partial charge in [-0.25, -0.2) is 5.43 Å². The average Bonchev–Trinajstić information content (AvgIpc) is 2.67. The molecule has 0 unspecified atom stereocenters. The van der Waals surface area contributed by atoms with Crippen LogP contribution in [0.2, 0.25) is 0 Å². The molecule has 1 aliphatic rings. The number of rotatable bonds is 7. The Morgan fingerprint density at radius 2 is 1.54 bits per heavy atom. The number of anilines is 1. The molecule has 1 fully saturated rings. The number of hydrogen-bond acceptors (Lipinski definition) is 4. The predicted octanol–water partition coefficient (Wildman–Crippen LogP) is 3.56. The maximum atomic E-state index is 3.36. The molecule has 26 heavy (non-hydrogen) atoms. The second-order valence-electron chi connectivity index (χ2n) is 7.26. The van der Waals surface area contributed by atoms with E-state index in [0.29, 0.717) is 0 Å². The van der Waals surface area contributed by atoms with Crippen molar-refractivity contribution >= 4 is 5.69 Å². The van der Waals surface area contributed by atoms with E-state index >= 15 is 0 Å². The van der Waals surface area contributed by atoms with Gasteiger partial charge >= 0.3 is 0 Å². The Balaban J connectivity index is 1.60. The number of nitrogens with one attached hydrogen (secondary N) is 2. The lowest BCUT2D eigenvalue weighted by atomic mass is 9.98. The summed E-state index contributed by atoms with van der Waals surface area (Å²) in [4.78, 5) is 5.12. The Labute approximate surface area is 158 Å². The molecule has 0 aromatic heterocycles. The molecule has 0 aliphatic carbocycles. The third-order valence-corrected chi connectivity index (χ3v) is 5.36. The molecule has 140 valence electrons. The highest BCUT2D eigenvalue weighted by atomic mass is 15.3. The molecule has 2 aromatic carbocycles. The van der Waals surface area contributed by atoms with Crippen molar-refractivity contribution in [3.63, 3.8) is 0 Å². The van der Waals surface area contributed by atoms with Gasteiger partial charge in [0.25, 0.3) is 0 Å². The summed E-state index contributed by atoms with van der Waals surface area (Å²) in [6.45, 7) is 14.5. The molecule has 2 aromatic rings. The maximum absolute atomic E-state index is 3.36. The summed E-state index contributed by atoms with van der Waals surface area (Å²) in [6.07, 6.45) is 0. The van der Waals surface area contributed by atoms with Crippen molar-refractivity contribution in [3.05, 3.63) is 64.7 Å². The van der Waals surface area contributed by atoms with Crippen molar-refractivity contribution in [2.24, 2.45) is 0 Å². The molecule has 0 amide bonds. The lowest BCUT2D eigenvalue weighted by Gasteiger charge is -2.34. The molecule has 0 spiro atoms. The Morgan fingerprint density at radius 1 is 0.885 bits per heavy atom. The lowest BCUT2D eigenvalue weighted by Crippen LogP contribution is -2.45. The van der Waals surface area contributed by atoms with Crippen LogP contribution in [-0.4, -0.2) is 42.5 Å². The summed E-state index contributed by atoms with van der Waals surface area (Å²) in [5, 5.41) is 0. The molecule has 0 atom stereocenters. The third kappa shape index (κ3) is 5.07. The van der Waals surface area contributed by atoms with Crippen LogP contribution < -0.4 is 10.9 Å². The van der Waals surface area contributed by atoms with Gasteiger partial charge in [0.1, 0.15) is 0 Å². The minimum Gasteiger partial charge on any atom is -0.321 e. The Kier molecular flexibility index (Phi) is 6.67. The Morgan fingerprint density at radius 3 is 2.23 bits per heavy atom. The van der Waals surface area contributed by atoms with E-state index in [4.69, 9.17) is 0 Å². The summed E-state index contributed by atoms with van der Waals surface area (Å²) in [5.74, 6) is 0. The first-order valence-electron chi connectivity index (χ1n) is 9.73. The SMILES string of the molecule is CCN1CCN(Cc2cc(C)cc(CNNc3ccccc3)c2C)CC1. The zero-order valence-electron chi connectivity index (χ0n) is 16.4. The zero-order chi connectivity index (χ0) is 18.4. The second-order valence-corrected chi connectivity index (χ2v) is 7.26. The molecule has 2 N–H and O–H groups in total. The molecule has 1 aliphatic heterocycles. The van der Waals surface area contributed by atoms with Crippen molar-refractivity contribution in [1.29, 1.82) is 0 Å². The van der Waals surface area contributed by atoms with Crippen LogP contribution >= 0.6 is 0 Å². The van der Waals surface area contributed by atoms with Gasteiger partial charge in [-0.1, -0.05) is 42.8 Å². The number of para-hydroxylation sites is 1. The van der Waals surface area contributed by atoms with Crippen molar-refractivity contribution in [2.45, 2.75) is 33.9 Å². The van der Waals surface area contributed by atoms with Gasteiger partial charge in [-0.2, -0.15) is 0 Å². The van der Waals surface area contributed by atoms with Crippen LogP contribution in [0.25, 0.3) is 0 Å². The molecule has 1 saturated heterocycles. The summed E-state index contributed by atoms with van der Waals surface area (Å²) in [7, 11) is 0. The number of benzene rings is 2. The fraction of sp³-hybridized carbons (Fsp3) is 0.455. The zero-order valence-corrected chi connectivity index (χ0v) is 16.4. The average molecular weight is 353 g/mol. The topological polar surface area (TPSA) is 30.5 Å². The number of piperazine rings is 1. The Bertz CT molecular complexity index is 691. The fourth-order valence-corrected chi connectivity index (χ4v) is 3.63. The van der Waals surface area contributed by atoms with Crippen molar-refractivity contribution < 1.29 is 0 Å². The van der Waals surface area contributed by atoms with Gasteiger partial charge in [-0.3, -0.25) is 4.90 Å². The molecule has 4 nitrogen and oxygen atoms in total. The summed E-state index contributed by atoms with van der Waals surface area (Å²) in [5.41, 5.74) is 13.3. The quantitative estimate of drug-likeness (QED) is 0.746. The monoisotopic (exact) mass is 352 g/mol. The summed E-state index contributed by atoms with van der Waals surface area (Å²) >= 11 is 0. The Hall–Kier alpha value is -1.88. The van der Waals surface area contributed by atoms with Gasteiger partial charge in [-0.15, -0.1) is 0 Å². The normalized spacial score (nSPS) is 16.0. The van der Waals surface area contributed by atoms with Crippen LogP contribution in [-0.2, 0) is 13.1 Å². The summed E-state index contributed by atoms with van der Waals surface area (Å²) < 4.78 is 0. The van der Waals surface area contributed by atoms with Crippen LogP contribution in [0, 0.1) is 13.8 Å². The minimum atomic E-state index is 0.818. The fourth-order valence-electron chi connectivity index (χ4n) is 3.63. The first-order valence-corrected chi connectivity index (χ1v) is 9.73. The standard InChI is InChI=1S/C22H32N4/c1-4-25-10-12-26(13-11-25)17-21-15-18(2)14-20(19(21)3)16-23-24-22-8-6-5-7-9-22/h5-9,14-15,23-24H,4,10-13,16-17H2,1-3H3. The van der Waals surface area contributed by atoms with Gasteiger partial charge in [-0.05, 0) is 49.2 Å². The van der Waals surface area contributed by atoms with Crippen LogP contribution in [0.1, 0.15) is 29.2 Å². The molecule has 0 bridgehead atoms. The van der Waals surface area contributed by atoms with E-state index in [1.54, 1.807) is 0 Å². The van der Waals surface area contributed by atoms with E-state index < -0.39 is 0 Å². The van der Waals surface area contributed by atoms with E-state index in [1.807, 2.05) is 18.2 Å². The van der Waals surface area contributed by atoms with Crippen LogP contribution in [0.4, 0.5) is 5.69 Å². The number of aryl methyl sites for hydroxylation is 1. The number of likely N-dealkylation sites (N-methyl/N-ethyl adjacent to an activating group) is 1. The predicted molar refractivity (Wildman–Crippen MR) is 110 cm³/mol. The minimum absolute atomic E-state index is 0.818. The maximum Gasteiger partial charge on any atom is 0.0487 e. The van der Waals surface area contributed by atoms with E-state index in [0.717, 1.165) is 18.8 Å². The van der Waals surface area contributed by atoms with E-state index in [-0.39, 0.29) is 0 Å². The highest BCUT2D eigenvalue weighted by Gasteiger charge is 2.17. The first-order chi connectivity index (χ1) is 12.7. The molecule has 0 saturated carbocycles. The van der Waals surface area contributed by atoms with Crippen LogP contribution in [0.3, 0.4) is 0 Å².